The van der Waals surface area contributed by atoms with E-state index in [-0.39, 0.29) is 39.7 Å². The van der Waals surface area contributed by atoms with E-state index < -0.39 is 27.4 Å². The summed E-state index contributed by atoms with van der Waals surface area (Å²) < 4.78 is 68.6. The number of carbonyl (C=O) groups excluding carboxylic acids is 1. The van der Waals surface area contributed by atoms with E-state index in [1.807, 2.05) is 32.6 Å². The topological polar surface area (TPSA) is 113 Å². The standard InChI is InChI=1S/C34H38ClF2N7O4S/c1-22-20-41(33(45)48-34(2,3)4)15-16-43(22)25-7-8-30(28(36)19-25)44-21-27(32(39-44)23-9-11-38-12-10-23)26-17-24(35)18-29(31(26)37)40-49(46,47)42-13-5-6-14-42/h7-12,17-19,21-22,40H,5-6,13-16,20H2,1-4H3/t22-/m0/s1. The second-order valence-electron chi connectivity index (χ2n) is 13.2. The Kier molecular flexibility index (Phi) is 9.57. The van der Waals surface area contributed by atoms with Crippen LogP contribution >= 0.6 is 11.6 Å². The van der Waals surface area contributed by atoms with Crippen molar-refractivity contribution >= 4 is 39.3 Å². The third-order valence-electron chi connectivity index (χ3n) is 8.43. The van der Waals surface area contributed by atoms with E-state index in [9.17, 15) is 13.2 Å². The number of halogens is 3. The second kappa shape index (κ2) is 13.6. The highest BCUT2D eigenvalue weighted by molar-refractivity contribution is 7.90. The van der Waals surface area contributed by atoms with Gasteiger partial charge < -0.3 is 14.5 Å². The number of nitrogens with one attached hydrogen (secondary N) is 1. The molecule has 11 nitrogen and oxygen atoms in total. The Morgan fingerprint density at radius 3 is 2.37 bits per heavy atom. The van der Waals surface area contributed by atoms with Crippen molar-refractivity contribution in [3.05, 3.63) is 77.7 Å². The molecule has 4 aromatic rings. The molecule has 49 heavy (non-hydrogen) atoms. The van der Waals surface area contributed by atoms with Gasteiger partial charge in [0.25, 0.3) is 0 Å². The minimum absolute atomic E-state index is 0.0154. The van der Waals surface area contributed by atoms with Crippen molar-refractivity contribution in [3.63, 3.8) is 0 Å². The van der Waals surface area contributed by atoms with Crippen LogP contribution in [0.25, 0.3) is 28.1 Å². The minimum Gasteiger partial charge on any atom is -0.444 e. The van der Waals surface area contributed by atoms with E-state index >= 15 is 8.78 Å². The van der Waals surface area contributed by atoms with Crippen molar-refractivity contribution in [2.75, 3.05) is 42.3 Å². The number of aromatic nitrogens is 3. The Balaban J connectivity index is 1.32. The summed E-state index contributed by atoms with van der Waals surface area (Å²) in [4.78, 5) is 20.4. The molecule has 2 aromatic carbocycles. The first-order chi connectivity index (χ1) is 23.2. The Labute approximate surface area is 289 Å². The molecule has 6 rings (SSSR count). The summed E-state index contributed by atoms with van der Waals surface area (Å²) in [5, 5.41) is 4.76. The van der Waals surface area contributed by atoms with Crippen molar-refractivity contribution in [1.82, 2.24) is 24.0 Å². The molecule has 2 aliphatic heterocycles. The van der Waals surface area contributed by atoms with Crippen LogP contribution in [-0.4, -0.2) is 82.8 Å². The van der Waals surface area contributed by atoms with E-state index in [0.29, 0.717) is 49.7 Å². The first-order valence-electron chi connectivity index (χ1n) is 16.0. The molecule has 1 atom stereocenters. The van der Waals surface area contributed by atoms with E-state index in [4.69, 9.17) is 16.3 Å². The summed E-state index contributed by atoms with van der Waals surface area (Å²) in [6.07, 6.45) is 5.67. The molecule has 260 valence electrons. The average molecular weight is 714 g/mol. The van der Waals surface area contributed by atoms with Crippen LogP contribution in [-0.2, 0) is 14.9 Å². The predicted octanol–water partition coefficient (Wildman–Crippen LogP) is 6.73. The number of hydrogen-bond donors (Lipinski definition) is 1. The molecule has 1 N–H and O–H groups in total. The van der Waals surface area contributed by atoms with Crippen LogP contribution in [0.1, 0.15) is 40.5 Å². The Bertz CT molecular complexity index is 1960. The van der Waals surface area contributed by atoms with Gasteiger partial charge in [-0.1, -0.05) is 11.6 Å². The lowest BCUT2D eigenvalue weighted by atomic mass is 10.0. The van der Waals surface area contributed by atoms with E-state index in [1.165, 1.54) is 33.4 Å². The number of nitrogens with zero attached hydrogens (tertiary/aromatic N) is 6. The second-order valence-corrected chi connectivity index (χ2v) is 15.3. The van der Waals surface area contributed by atoms with Crippen LogP contribution in [0.4, 0.5) is 25.0 Å². The first kappa shape index (κ1) is 34.6. The molecule has 15 heteroatoms. The molecular formula is C34H38ClF2N7O4S. The van der Waals surface area contributed by atoms with Crippen molar-refractivity contribution in [1.29, 1.82) is 0 Å². The normalized spacial score (nSPS) is 17.4. The van der Waals surface area contributed by atoms with E-state index in [2.05, 4.69) is 14.8 Å². The smallest absolute Gasteiger partial charge is 0.410 e. The molecule has 0 bridgehead atoms. The minimum atomic E-state index is -4.01. The molecule has 2 saturated heterocycles. The van der Waals surface area contributed by atoms with Crippen molar-refractivity contribution < 1.29 is 26.7 Å². The van der Waals surface area contributed by atoms with E-state index in [1.54, 1.807) is 41.6 Å². The number of pyridine rings is 1. The highest BCUT2D eigenvalue weighted by Gasteiger charge is 2.31. The predicted molar refractivity (Wildman–Crippen MR) is 185 cm³/mol. The number of carbonyl (C=O) groups is 1. The molecule has 1 amide bonds. The van der Waals surface area contributed by atoms with Crippen molar-refractivity contribution in [3.8, 4) is 28.1 Å². The number of hydrogen-bond acceptors (Lipinski definition) is 7. The molecule has 2 fully saturated rings. The summed E-state index contributed by atoms with van der Waals surface area (Å²) >= 11 is 6.42. The fourth-order valence-corrected chi connectivity index (χ4v) is 7.62. The molecule has 2 aliphatic rings. The van der Waals surface area contributed by atoms with E-state index in [0.717, 1.165) is 12.8 Å². The molecule has 2 aromatic heterocycles. The number of rotatable bonds is 7. The van der Waals surface area contributed by atoms with Crippen LogP contribution in [0.5, 0.6) is 0 Å². The quantitative estimate of drug-likeness (QED) is 0.226. The first-order valence-corrected chi connectivity index (χ1v) is 17.8. The monoisotopic (exact) mass is 713 g/mol. The van der Waals surface area contributed by atoms with Gasteiger partial charge in [-0.15, -0.1) is 0 Å². The van der Waals surface area contributed by atoms with Gasteiger partial charge in [0.15, 0.2) is 11.6 Å². The highest BCUT2D eigenvalue weighted by Crippen LogP contribution is 2.38. The van der Waals surface area contributed by atoms with Gasteiger partial charge in [0.2, 0.25) is 0 Å². The van der Waals surface area contributed by atoms with Gasteiger partial charge in [0, 0.05) is 84.8 Å². The molecular weight excluding hydrogens is 676 g/mol. The maximum absolute atomic E-state index is 16.2. The molecule has 0 unspecified atom stereocenters. The van der Waals surface area contributed by atoms with Gasteiger partial charge in [0.05, 0.1) is 5.69 Å². The van der Waals surface area contributed by atoms with Crippen LogP contribution in [0, 0.1) is 11.6 Å². The van der Waals surface area contributed by atoms with Crippen LogP contribution < -0.4 is 9.62 Å². The number of anilines is 2. The van der Waals surface area contributed by atoms with Crippen LogP contribution in [0.15, 0.2) is 61.1 Å². The third kappa shape index (κ3) is 7.51. The Morgan fingerprint density at radius 2 is 1.71 bits per heavy atom. The zero-order valence-corrected chi connectivity index (χ0v) is 29.2. The lowest BCUT2D eigenvalue weighted by Gasteiger charge is -2.41. The summed E-state index contributed by atoms with van der Waals surface area (Å²) in [6.45, 7) is 9.42. The number of ether oxygens (including phenoxy) is 1. The highest BCUT2D eigenvalue weighted by atomic mass is 35.5. The molecule has 4 heterocycles. The van der Waals surface area contributed by atoms with Gasteiger partial charge in [-0.3, -0.25) is 9.71 Å². The molecule has 0 aliphatic carbocycles. The maximum atomic E-state index is 16.2. The fraction of sp³-hybridized carbons (Fsp3) is 0.382. The number of amides is 1. The van der Waals surface area contributed by atoms with Gasteiger partial charge in [-0.05, 0) is 83.0 Å². The van der Waals surface area contributed by atoms with Crippen molar-refractivity contribution in [2.45, 2.75) is 52.2 Å². The van der Waals surface area contributed by atoms with Crippen molar-refractivity contribution in [2.24, 2.45) is 0 Å². The number of benzene rings is 2. The SMILES string of the molecule is C[C@H]1CN(C(=O)OC(C)(C)C)CCN1c1ccc(-n2cc(-c3cc(Cl)cc(NS(=O)(=O)N4CCCC4)c3F)c(-c3ccncc3)n2)c(F)c1. The summed E-state index contributed by atoms with van der Waals surface area (Å²) in [6, 6.07) is 10.6. The maximum Gasteiger partial charge on any atom is 0.410 e. The van der Waals surface area contributed by atoms with Gasteiger partial charge in [0.1, 0.15) is 17.0 Å². The largest absolute Gasteiger partial charge is 0.444 e. The van der Waals surface area contributed by atoms with Gasteiger partial charge in [-0.2, -0.15) is 17.8 Å². The summed E-state index contributed by atoms with van der Waals surface area (Å²) in [5.74, 6) is -1.42. The third-order valence-corrected chi connectivity index (χ3v) is 10.2. The summed E-state index contributed by atoms with van der Waals surface area (Å²) in [7, 11) is -4.01. The summed E-state index contributed by atoms with van der Waals surface area (Å²) in [5.41, 5.74) is 0.980. The average Bonchev–Trinajstić information content (AvgIpc) is 3.74. The molecule has 0 radical (unpaired) electrons. The zero-order chi connectivity index (χ0) is 35.1. The zero-order valence-electron chi connectivity index (χ0n) is 27.7. The lowest BCUT2D eigenvalue weighted by Crippen LogP contribution is -2.54. The fourth-order valence-electron chi connectivity index (χ4n) is 6.10. The Morgan fingerprint density at radius 1 is 1.00 bits per heavy atom. The Hall–Kier alpha value is -4.27. The van der Waals surface area contributed by atoms with Crippen LogP contribution in [0.2, 0.25) is 5.02 Å². The van der Waals surface area contributed by atoms with Gasteiger partial charge >= 0.3 is 16.3 Å². The molecule has 0 spiro atoms. The van der Waals surface area contributed by atoms with Gasteiger partial charge in [-0.25, -0.2) is 18.3 Å². The molecule has 0 saturated carbocycles. The van der Waals surface area contributed by atoms with Crippen LogP contribution in [0.3, 0.4) is 0 Å². The lowest BCUT2D eigenvalue weighted by molar-refractivity contribution is 0.0218. The number of piperazine rings is 1.